The Morgan fingerprint density at radius 2 is 2.15 bits per heavy atom. The summed E-state index contributed by atoms with van der Waals surface area (Å²) in [7, 11) is 0. The van der Waals surface area contributed by atoms with Crippen molar-refractivity contribution >= 4 is 28.4 Å². The molecule has 0 spiro atoms. The third-order valence-corrected chi connectivity index (χ3v) is 4.71. The van der Waals surface area contributed by atoms with Crippen LogP contribution < -0.4 is 10.9 Å². The average Bonchev–Trinajstić information content (AvgIpc) is 3.34. The molecule has 2 heterocycles. The van der Waals surface area contributed by atoms with Crippen molar-refractivity contribution in [2.45, 2.75) is 45.2 Å². The highest BCUT2D eigenvalue weighted by atomic mass is 35.5. The fourth-order valence-electron chi connectivity index (χ4n) is 3.17. The van der Waals surface area contributed by atoms with Crippen molar-refractivity contribution in [1.29, 1.82) is 0 Å². The van der Waals surface area contributed by atoms with E-state index in [9.17, 15) is 9.59 Å². The van der Waals surface area contributed by atoms with Crippen molar-refractivity contribution in [3.05, 3.63) is 51.5 Å². The molecule has 1 aliphatic carbocycles. The molecule has 8 heteroatoms. The minimum absolute atomic E-state index is 0.00294. The fourth-order valence-corrected chi connectivity index (χ4v) is 3.35. The first-order chi connectivity index (χ1) is 12.9. The average molecular weight is 386 g/mol. The second-order valence-corrected chi connectivity index (χ2v) is 7.58. The van der Waals surface area contributed by atoms with Gasteiger partial charge in [0.15, 0.2) is 0 Å². The number of halogens is 1. The normalized spacial score (nSPS) is 14.1. The number of nitrogens with zero attached hydrogens (tertiary/aromatic N) is 4. The molecule has 7 nitrogen and oxygen atoms in total. The molecule has 1 aliphatic rings. The molecular formula is C19H20ClN5O2. The van der Waals surface area contributed by atoms with Gasteiger partial charge in [-0.1, -0.05) is 17.7 Å². The Bertz CT molecular complexity index is 1080. The molecule has 2 aromatic heterocycles. The van der Waals surface area contributed by atoms with Gasteiger partial charge in [-0.3, -0.25) is 9.59 Å². The summed E-state index contributed by atoms with van der Waals surface area (Å²) in [6, 6.07) is 7.16. The third-order valence-electron chi connectivity index (χ3n) is 4.47. The number of aromatic nitrogens is 4. The maximum atomic E-state index is 13.1. The van der Waals surface area contributed by atoms with E-state index in [1.807, 2.05) is 26.0 Å². The zero-order valence-corrected chi connectivity index (χ0v) is 15.9. The minimum Gasteiger partial charge on any atom is -0.352 e. The molecule has 0 bridgehead atoms. The predicted molar refractivity (Wildman–Crippen MR) is 103 cm³/mol. The lowest BCUT2D eigenvalue weighted by molar-refractivity contribution is -0.122. The first kappa shape index (κ1) is 17.7. The number of nitrogens with one attached hydrogen (secondary N) is 1. The quantitative estimate of drug-likeness (QED) is 0.732. The second-order valence-electron chi connectivity index (χ2n) is 7.14. The summed E-state index contributed by atoms with van der Waals surface area (Å²) in [6.45, 7) is 3.63. The summed E-state index contributed by atoms with van der Waals surface area (Å²) < 4.78 is 2.82. The summed E-state index contributed by atoms with van der Waals surface area (Å²) >= 11 is 6.10. The number of fused-ring (bicyclic) bond motifs is 1. The van der Waals surface area contributed by atoms with E-state index in [1.54, 1.807) is 23.0 Å². The molecule has 0 unspecified atom stereocenters. The number of carbonyl (C=O) groups excluding carboxylic acids is 1. The summed E-state index contributed by atoms with van der Waals surface area (Å²) in [4.78, 5) is 25.3. The molecular weight excluding hydrogens is 366 g/mol. The van der Waals surface area contributed by atoms with Crippen LogP contribution >= 0.6 is 11.6 Å². The van der Waals surface area contributed by atoms with Crippen LogP contribution in [0.25, 0.3) is 16.6 Å². The van der Waals surface area contributed by atoms with Gasteiger partial charge in [0.2, 0.25) is 5.91 Å². The fraction of sp³-hybridized carbons (Fsp3) is 0.368. The molecule has 0 radical (unpaired) electrons. The van der Waals surface area contributed by atoms with Crippen molar-refractivity contribution in [3.63, 3.8) is 0 Å². The largest absolute Gasteiger partial charge is 0.352 e. The molecule has 1 saturated carbocycles. The topological polar surface area (TPSA) is 81.8 Å². The second kappa shape index (κ2) is 6.81. The number of rotatable bonds is 5. The van der Waals surface area contributed by atoms with Gasteiger partial charge in [-0.15, -0.1) is 0 Å². The molecule has 0 aliphatic heterocycles. The number of hydrogen-bond acceptors (Lipinski definition) is 4. The van der Waals surface area contributed by atoms with Crippen LogP contribution in [0.4, 0.5) is 0 Å². The highest BCUT2D eigenvalue weighted by Crippen LogP contribution is 2.41. The van der Waals surface area contributed by atoms with E-state index >= 15 is 0 Å². The Labute approximate surface area is 160 Å². The van der Waals surface area contributed by atoms with Gasteiger partial charge in [0.05, 0.1) is 17.6 Å². The zero-order chi connectivity index (χ0) is 19.1. The van der Waals surface area contributed by atoms with Crippen molar-refractivity contribution in [1.82, 2.24) is 24.9 Å². The van der Waals surface area contributed by atoms with Crippen LogP contribution in [0.1, 0.15) is 38.3 Å². The van der Waals surface area contributed by atoms with Gasteiger partial charge in [-0.2, -0.15) is 10.2 Å². The van der Waals surface area contributed by atoms with Crippen LogP contribution in [-0.2, 0) is 11.3 Å². The smallest absolute Gasteiger partial charge is 0.293 e. The molecule has 0 atom stereocenters. The van der Waals surface area contributed by atoms with Crippen LogP contribution in [0.15, 0.2) is 35.3 Å². The molecule has 1 amide bonds. The van der Waals surface area contributed by atoms with Crippen molar-refractivity contribution in [2.24, 2.45) is 0 Å². The van der Waals surface area contributed by atoms with E-state index in [1.165, 1.54) is 4.68 Å². The molecule has 0 saturated heterocycles. The van der Waals surface area contributed by atoms with Gasteiger partial charge in [-0.05, 0) is 44.9 Å². The first-order valence-corrected chi connectivity index (χ1v) is 9.36. The summed E-state index contributed by atoms with van der Waals surface area (Å²) in [5.41, 5.74) is 1.60. The van der Waals surface area contributed by atoms with Gasteiger partial charge in [0.1, 0.15) is 12.1 Å². The predicted octanol–water partition coefficient (Wildman–Crippen LogP) is 2.64. The third kappa shape index (κ3) is 3.47. The van der Waals surface area contributed by atoms with Crippen LogP contribution in [0.2, 0.25) is 5.02 Å². The standard InChI is InChI=1S/C19H20ClN5O2/c1-11(2)22-16(26)10-24-19(27)18-15(17(23-24)12-6-7-12)9-21-25(18)14-5-3-4-13(20)8-14/h3-5,8-9,11-12H,6-7,10H2,1-2H3,(H,22,26). The zero-order valence-electron chi connectivity index (χ0n) is 15.1. The number of carbonyl (C=O) groups is 1. The lowest BCUT2D eigenvalue weighted by atomic mass is 10.2. The van der Waals surface area contributed by atoms with Crippen molar-refractivity contribution < 1.29 is 4.79 Å². The summed E-state index contributed by atoms with van der Waals surface area (Å²) in [5.74, 6) is 0.0686. The number of benzene rings is 1. The monoisotopic (exact) mass is 385 g/mol. The van der Waals surface area contributed by atoms with Gasteiger partial charge in [0, 0.05) is 22.4 Å². The lowest BCUT2D eigenvalue weighted by Crippen LogP contribution is -2.37. The van der Waals surface area contributed by atoms with E-state index in [0.29, 0.717) is 22.1 Å². The van der Waals surface area contributed by atoms with Crippen LogP contribution in [-0.4, -0.2) is 31.5 Å². The Kier molecular flexibility index (Phi) is 4.47. The van der Waals surface area contributed by atoms with Gasteiger partial charge < -0.3 is 5.32 Å². The van der Waals surface area contributed by atoms with E-state index < -0.39 is 0 Å². The molecule has 27 heavy (non-hydrogen) atoms. The number of hydrogen-bond donors (Lipinski definition) is 1. The highest BCUT2D eigenvalue weighted by molar-refractivity contribution is 6.30. The molecule has 1 N–H and O–H groups in total. The van der Waals surface area contributed by atoms with Gasteiger partial charge in [0.25, 0.3) is 5.56 Å². The Morgan fingerprint density at radius 3 is 2.81 bits per heavy atom. The molecule has 1 fully saturated rings. The molecule has 1 aromatic carbocycles. The van der Waals surface area contributed by atoms with E-state index in [0.717, 1.165) is 23.9 Å². The van der Waals surface area contributed by atoms with E-state index in [-0.39, 0.29) is 24.1 Å². The summed E-state index contributed by atoms with van der Waals surface area (Å²) in [5, 5.41) is 13.0. The Morgan fingerprint density at radius 1 is 1.37 bits per heavy atom. The molecule has 3 aromatic rings. The maximum absolute atomic E-state index is 13.1. The molecule has 4 rings (SSSR count). The minimum atomic E-state index is -0.342. The molecule has 140 valence electrons. The maximum Gasteiger partial charge on any atom is 0.293 e. The van der Waals surface area contributed by atoms with Crippen LogP contribution in [0, 0.1) is 0 Å². The van der Waals surface area contributed by atoms with Gasteiger partial charge in [-0.25, -0.2) is 9.36 Å². The first-order valence-electron chi connectivity index (χ1n) is 8.98. The van der Waals surface area contributed by atoms with Crippen LogP contribution in [0.3, 0.4) is 0 Å². The Balaban J connectivity index is 1.88. The van der Waals surface area contributed by atoms with E-state index in [2.05, 4.69) is 15.5 Å². The highest BCUT2D eigenvalue weighted by Gasteiger charge is 2.30. The Hall–Kier alpha value is -2.67. The SMILES string of the molecule is CC(C)NC(=O)Cn1nc(C2CC2)c2cnn(-c3cccc(Cl)c3)c2c1=O. The summed E-state index contributed by atoms with van der Waals surface area (Å²) in [6.07, 6.45) is 3.73. The lowest BCUT2D eigenvalue weighted by Gasteiger charge is -2.12. The van der Waals surface area contributed by atoms with E-state index in [4.69, 9.17) is 11.6 Å². The number of amides is 1. The van der Waals surface area contributed by atoms with Gasteiger partial charge >= 0.3 is 0 Å². The van der Waals surface area contributed by atoms with Crippen molar-refractivity contribution in [2.75, 3.05) is 0 Å². The van der Waals surface area contributed by atoms with Crippen LogP contribution in [0.5, 0.6) is 0 Å². The van der Waals surface area contributed by atoms with Crippen molar-refractivity contribution in [3.8, 4) is 5.69 Å².